The maximum absolute atomic E-state index is 14.1. The number of nitrogens with one attached hydrogen (secondary N) is 2. The predicted octanol–water partition coefficient (Wildman–Crippen LogP) is 5.99. The number of hydrazone groups is 1. The Bertz CT molecular complexity index is 1400. The maximum Gasteiger partial charge on any atom is 0.315 e. The van der Waals surface area contributed by atoms with E-state index in [0.717, 1.165) is 30.9 Å². The highest BCUT2D eigenvalue weighted by Crippen LogP contribution is 2.43. The van der Waals surface area contributed by atoms with Crippen LogP contribution in [-0.2, 0) is 14.4 Å². The summed E-state index contributed by atoms with van der Waals surface area (Å²) in [5, 5.41) is 19.8. The van der Waals surface area contributed by atoms with Crippen LogP contribution >= 0.6 is 0 Å². The van der Waals surface area contributed by atoms with Gasteiger partial charge in [0, 0.05) is 36.2 Å². The van der Waals surface area contributed by atoms with Crippen LogP contribution < -0.4 is 15.3 Å². The van der Waals surface area contributed by atoms with Crippen molar-refractivity contribution in [3.63, 3.8) is 0 Å². The first kappa shape index (κ1) is 34.5. The molecule has 0 bridgehead atoms. The number of carbonyl (C=O) groups excluding carboxylic acids is 3. The predicted molar refractivity (Wildman–Crippen MR) is 182 cm³/mol. The molecule has 1 heterocycles. The molecule has 0 unspecified atom stereocenters. The van der Waals surface area contributed by atoms with Crippen LogP contribution in [0.4, 0.5) is 11.4 Å². The third kappa shape index (κ3) is 6.75. The van der Waals surface area contributed by atoms with Crippen molar-refractivity contribution in [3.05, 3.63) is 40.7 Å². The zero-order valence-electron chi connectivity index (χ0n) is 29.0. The van der Waals surface area contributed by atoms with E-state index < -0.39 is 5.41 Å². The van der Waals surface area contributed by atoms with Crippen molar-refractivity contribution in [1.29, 1.82) is 0 Å². The van der Waals surface area contributed by atoms with Gasteiger partial charge in [-0.2, -0.15) is 0 Å². The molecule has 2 aliphatic carbocycles. The Hall–Kier alpha value is -3.42. The number of allylic oxidation sites excluding steroid dienone is 2. The quantitative estimate of drug-likeness (QED) is 0.236. The van der Waals surface area contributed by atoms with E-state index in [0.29, 0.717) is 35.6 Å². The first-order chi connectivity index (χ1) is 21.3. The minimum Gasteiger partial charge on any atom is -0.506 e. The summed E-state index contributed by atoms with van der Waals surface area (Å²) >= 11 is 0. The highest BCUT2D eigenvalue weighted by atomic mass is 16.3. The second-order valence-corrected chi connectivity index (χ2v) is 14.3. The molecule has 8 heteroatoms. The fourth-order valence-electron chi connectivity index (χ4n) is 7.14. The molecule has 1 aliphatic heterocycles. The number of nitrogens with zero attached hydrogens (tertiary/aromatic N) is 2. The van der Waals surface area contributed by atoms with E-state index in [1.54, 1.807) is 11.1 Å². The van der Waals surface area contributed by atoms with Gasteiger partial charge in [-0.25, -0.2) is 0 Å². The van der Waals surface area contributed by atoms with E-state index in [9.17, 15) is 19.5 Å². The minimum atomic E-state index is -0.617. The standard InChI is InChI=1S/C37H54N4O4/c1-10-37(8,9)36(45)38-28-21-25(40(11-2)12-3)18-19-26(28)29-33(42)31(34(29)43)30-27(20-17-24-15-13-14-16-24)39-41(35(30)44)32(22(4)5)23(6)7/h18-19,21-24,32,42H,10-17,20H2,1-9H3,(H,38,45)/p+1/b31-30+. The van der Waals surface area contributed by atoms with E-state index in [1.165, 1.54) is 25.7 Å². The van der Waals surface area contributed by atoms with E-state index in [1.807, 2.05) is 32.9 Å². The number of carbonyl (C=O) groups is 3. The SMILES string of the molecule is CCN(CC)c1ccc(C2=C(O)/C(=C3\C(=O)N(C(C(C)C)C(C)C)[NH+]=C3CCC3CCCC3)C2=O)c(NC(=O)C(C)(C)CC)c1. The van der Waals surface area contributed by atoms with Gasteiger partial charge in [0.05, 0.1) is 22.9 Å². The minimum absolute atomic E-state index is 0.0748. The van der Waals surface area contributed by atoms with Gasteiger partial charge in [0.1, 0.15) is 11.3 Å². The van der Waals surface area contributed by atoms with Crippen LogP contribution in [-0.4, -0.2) is 52.6 Å². The van der Waals surface area contributed by atoms with Crippen molar-refractivity contribution in [3.8, 4) is 0 Å². The van der Waals surface area contributed by atoms with Gasteiger partial charge in [-0.05, 0) is 62.6 Å². The molecule has 0 saturated heterocycles. The Balaban J connectivity index is 1.81. The van der Waals surface area contributed by atoms with Crippen LogP contribution in [0.25, 0.3) is 5.57 Å². The second-order valence-electron chi connectivity index (χ2n) is 14.3. The van der Waals surface area contributed by atoms with Gasteiger partial charge in [-0.1, -0.05) is 74.1 Å². The number of aliphatic hydroxyl groups is 1. The summed E-state index contributed by atoms with van der Waals surface area (Å²) in [6.45, 7) is 19.9. The number of hydrazine groups is 1. The zero-order valence-corrected chi connectivity index (χ0v) is 29.0. The number of hydrogen-bond acceptors (Lipinski definition) is 5. The summed E-state index contributed by atoms with van der Waals surface area (Å²) in [5.41, 5.74) is 2.48. The fourth-order valence-corrected chi connectivity index (χ4v) is 7.14. The third-order valence-corrected chi connectivity index (χ3v) is 10.3. The number of anilines is 2. The number of amides is 2. The lowest BCUT2D eigenvalue weighted by Crippen LogP contribution is -2.84. The van der Waals surface area contributed by atoms with Crippen molar-refractivity contribution in [2.24, 2.45) is 23.2 Å². The molecular formula is C37H55N4O4+. The largest absolute Gasteiger partial charge is 0.506 e. The summed E-state index contributed by atoms with van der Waals surface area (Å²) in [6.07, 6.45) is 7.10. The molecule has 0 aromatic heterocycles. The topological polar surface area (TPSA) is 104 Å². The highest BCUT2D eigenvalue weighted by Gasteiger charge is 2.50. The van der Waals surface area contributed by atoms with Gasteiger partial charge >= 0.3 is 5.91 Å². The summed E-state index contributed by atoms with van der Waals surface area (Å²) in [7, 11) is 0. The summed E-state index contributed by atoms with van der Waals surface area (Å²) in [4.78, 5) is 43.7. The van der Waals surface area contributed by atoms with E-state index >= 15 is 0 Å². The molecule has 8 nitrogen and oxygen atoms in total. The second kappa shape index (κ2) is 13.9. The number of hydrogen-bond donors (Lipinski definition) is 3. The lowest BCUT2D eigenvalue weighted by Gasteiger charge is -2.29. The van der Waals surface area contributed by atoms with Gasteiger partial charge in [-0.15, -0.1) is 10.1 Å². The Morgan fingerprint density at radius 2 is 1.64 bits per heavy atom. The van der Waals surface area contributed by atoms with Crippen molar-refractivity contribution in [1.82, 2.24) is 5.01 Å². The summed E-state index contributed by atoms with van der Waals surface area (Å²) in [6, 6.07) is 5.52. The van der Waals surface area contributed by atoms with Crippen LogP contribution in [0, 0.1) is 23.2 Å². The molecule has 1 aromatic carbocycles. The lowest BCUT2D eigenvalue weighted by atomic mass is 9.78. The summed E-state index contributed by atoms with van der Waals surface area (Å²) in [5.74, 6) is 0.0349. The number of ketones is 1. The van der Waals surface area contributed by atoms with Crippen molar-refractivity contribution in [2.75, 3.05) is 23.3 Å². The number of rotatable bonds is 13. The molecule has 0 spiro atoms. The molecule has 3 N–H and O–H groups in total. The monoisotopic (exact) mass is 619 g/mol. The molecule has 1 aromatic rings. The van der Waals surface area contributed by atoms with E-state index in [4.69, 9.17) is 0 Å². The molecular weight excluding hydrogens is 564 g/mol. The Kier molecular flexibility index (Phi) is 10.7. The molecule has 3 aliphatic rings. The van der Waals surface area contributed by atoms with Crippen molar-refractivity contribution >= 4 is 40.3 Å². The lowest BCUT2D eigenvalue weighted by molar-refractivity contribution is -0.630. The normalized spacial score (nSPS) is 19.4. The Morgan fingerprint density at radius 1 is 1.02 bits per heavy atom. The average molecular weight is 620 g/mol. The molecule has 45 heavy (non-hydrogen) atoms. The fraction of sp³-hybridized carbons (Fsp3) is 0.622. The van der Waals surface area contributed by atoms with Crippen LogP contribution in [0.5, 0.6) is 0 Å². The Morgan fingerprint density at radius 3 is 2.18 bits per heavy atom. The molecule has 0 atom stereocenters. The van der Waals surface area contributed by atoms with Gasteiger partial charge in [0.2, 0.25) is 17.4 Å². The first-order valence-corrected chi connectivity index (χ1v) is 17.2. The van der Waals surface area contributed by atoms with Crippen LogP contribution in [0.2, 0.25) is 0 Å². The van der Waals surface area contributed by atoms with Crippen LogP contribution in [0.15, 0.2) is 35.1 Å². The van der Waals surface area contributed by atoms with Gasteiger partial charge in [0.15, 0.2) is 0 Å². The van der Waals surface area contributed by atoms with Gasteiger partial charge in [-0.3, -0.25) is 14.4 Å². The molecule has 1 fully saturated rings. The Labute approximate surface area is 270 Å². The third-order valence-electron chi connectivity index (χ3n) is 10.3. The van der Waals surface area contributed by atoms with Crippen LogP contribution in [0.1, 0.15) is 113 Å². The maximum atomic E-state index is 14.1. The van der Waals surface area contributed by atoms with E-state index in [2.05, 4.69) is 56.9 Å². The highest BCUT2D eigenvalue weighted by molar-refractivity contribution is 6.44. The number of Topliss-reactive ketones (excluding diaryl/α,β-unsaturated/α-hetero) is 1. The van der Waals surface area contributed by atoms with E-state index in [-0.39, 0.29) is 52.4 Å². The summed E-state index contributed by atoms with van der Waals surface area (Å²) < 4.78 is 0. The molecule has 246 valence electrons. The first-order valence-electron chi connectivity index (χ1n) is 17.2. The smallest absolute Gasteiger partial charge is 0.315 e. The van der Waals surface area contributed by atoms with Crippen molar-refractivity contribution in [2.45, 2.75) is 113 Å². The molecule has 4 rings (SSSR count). The number of aliphatic hydroxyl groups excluding tert-OH is 1. The number of benzene rings is 1. The van der Waals surface area contributed by atoms with Gasteiger partial charge in [0.25, 0.3) is 0 Å². The van der Waals surface area contributed by atoms with Crippen molar-refractivity contribution < 1.29 is 24.6 Å². The molecule has 1 saturated carbocycles. The van der Waals surface area contributed by atoms with Gasteiger partial charge < -0.3 is 15.3 Å². The zero-order chi connectivity index (χ0) is 33.2. The molecule has 0 radical (unpaired) electrons. The average Bonchev–Trinajstić information content (AvgIpc) is 3.62. The van der Waals surface area contributed by atoms with Crippen LogP contribution in [0.3, 0.4) is 0 Å². The molecule has 2 amide bonds.